The fraction of sp³-hybridized carbons (Fsp3) is 0.250. The van der Waals surface area contributed by atoms with Crippen LogP contribution in [0.25, 0.3) is 22.6 Å². The van der Waals surface area contributed by atoms with Crippen LogP contribution in [0.2, 0.25) is 0 Å². The van der Waals surface area contributed by atoms with Crippen molar-refractivity contribution in [3.05, 3.63) is 42.1 Å². The number of aromatic nitrogens is 3. The lowest BCUT2D eigenvalue weighted by Crippen LogP contribution is -2.07. The number of H-pyrrole nitrogens is 1. The number of imidazole rings is 1. The number of ether oxygens (including phenoxy) is 1. The van der Waals surface area contributed by atoms with E-state index in [0.29, 0.717) is 18.0 Å². The lowest BCUT2D eigenvalue weighted by atomic mass is 10.1. The molecule has 0 amide bonds. The molecule has 0 spiro atoms. The summed E-state index contributed by atoms with van der Waals surface area (Å²) in [4.78, 5) is 12.0. The molecule has 0 radical (unpaired) electrons. The molecule has 1 atom stereocenters. The van der Waals surface area contributed by atoms with Gasteiger partial charge in [0, 0.05) is 23.3 Å². The van der Waals surface area contributed by atoms with Crippen LogP contribution in [0.1, 0.15) is 5.56 Å². The Labute approximate surface area is 143 Å². The first-order valence-electron chi connectivity index (χ1n) is 6.98. The Hall–Kier alpha value is -1.92. The number of fused-ring (bicyclic) bond motifs is 1. The van der Waals surface area contributed by atoms with E-state index in [1.54, 1.807) is 12.5 Å². The van der Waals surface area contributed by atoms with Crippen molar-refractivity contribution in [2.45, 2.75) is 6.92 Å². The number of nitrogens with one attached hydrogen (secondary N) is 1. The SMILES string of the molecule is Cc1ccc(-c2nc3ncccc3[nH]2)c(OCCS(C)=O)c1.Cl. The van der Waals surface area contributed by atoms with Crippen molar-refractivity contribution in [3.8, 4) is 17.1 Å². The van der Waals surface area contributed by atoms with E-state index in [2.05, 4.69) is 15.0 Å². The fourth-order valence-electron chi connectivity index (χ4n) is 2.19. The maximum absolute atomic E-state index is 11.2. The smallest absolute Gasteiger partial charge is 0.178 e. The van der Waals surface area contributed by atoms with E-state index in [1.165, 1.54) is 0 Å². The molecule has 1 unspecified atom stereocenters. The van der Waals surface area contributed by atoms with Crippen LogP contribution < -0.4 is 4.74 Å². The highest BCUT2D eigenvalue weighted by Crippen LogP contribution is 2.30. The summed E-state index contributed by atoms with van der Waals surface area (Å²) >= 11 is 0. The molecule has 0 aliphatic carbocycles. The molecule has 0 bridgehead atoms. The molecular formula is C16H18ClN3O2S. The zero-order valence-corrected chi connectivity index (χ0v) is 14.5. The Kier molecular flexibility index (Phi) is 5.74. The standard InChI is InChI=1S/C16H17N3O2S.ClH/c1-11-5-6-12(14(10-11)21-8-9-22(2)20)15-18-13-4-3-7-17-16(13)19-15;/h3-7,10H,8-9H2,1-2H3,(H,17,18,19);1H. The monoisotopic (exact) mass is 351 g/mol. The second-order valence-corrected chi connectivity index (χ2v) is 6.64. The van der Waals surface area contributed by atoms with Gasteiger partial charge in [-0.1, -0.05) is 6.07 Å². The van der Waals surface area contributed by atoms with E-state index in [9.17, 15) is 4.21 Å². The molecular weight excluding hydrogens is 334 g/mol. The second kappa shape index (κ2) is 7.57. The molecule has 0 aliphatic heterocycles. The third kappa shape index (κ3) is 4.09. The van der Waals surface area contributed by atoms with E-state index in [0.717, 1.165) is 28.2 Å². The fourth-order valence-corrected chi connectivity index (χ4v) is 2.50. The average molecular weight is 352 g/mol. The van der Waals surface area contributed by atoms with Crippen LogP contribution in [0.4, 0.5) is 0 Å². The maximum atomic E-state index is 11.2. The number of pyridine rings is 1. The first kappa shape index (κ1) is 17.4. The summed E-state index contributed by atoms with van der Waals surface area (Å²) in [5.74, 6) is 1.97. The van der Waals surface area contributed by atoms with Gasteiger partial charge in [0.05, 0.1) is 23.4 Å². The number of aromatic amines is 1. The Morgan fingerprint density at radius 3 is 2.87 bits per heavy atom. The molecule has 5 nitrogen and oxygen atoms in total. The minimum atomic E-state index is -0.867. The Morgan fingerprint density at radius 2 is 2.13 bits per heavy atom. The van der Waals surface area contributed by atoms with Crippen molar-refractivity contribution in [2.24, 2.45) is 0 Å². The molecule has 7 heteroatoms. The van der Waals surface area contributed by atoms with Gasteiger partial charge < -0.3 is 9.72 Å². The summed E-state index contributed by atoms with van der Waals surface area (Å²) in [7, 11) is -0.867. The molecule has 0 saturated carbocycles. The van der Waals surface area contributed by atoms with E-state index >= 15 is 0 Å². The number of halogens is 1. The summed E-state index contributed by atoms with van der Waals surface area (Å²) in [5.41, 5.74) is 3.55. The van der Waals surface area contributed by atoms with Crippen LogP contribution in [0.5, 0.6) is 5.75 Å². The van der Waals surface area contributed by atoms with Crippen LogP contribution >= 0.6 is 12.4 Å². The van der Waals surface area contributed by atoms with Crippen molar-refractivity contribution in [3.63, 3.8) is 0 Å². The number of rotatable bonds is 5. The first-order chi connectivity index (χ1) is 10.6. The predicted molar refractivity (Wildman–Crippen MR) is 95.7 cm³/mol. The van der Waals surface area contributed by atoms with Gasteiger partial charge in [0.25, 0.3) is 0 Å². The highest BCUT2D eigenvalue weighted by Gasteiger charge is 2.12. The van der Waals surface area contributed by atoms with Gasteiger partial charge in [-0.2, -0.15) is 0 Å². The third-order valence-electron chi connectivity index (χ3n) is 3.28. The Balaban J connectivity index is 0.00000192. The highest BCUT2D eigenvalue weighted by molar-refractivity contribution is 7.84. The average Bonchev–Trinajstić information content (AvgIpc) is 2.90. The van der Waals surface area contributed by atoms with Crippen LogP contribution in [0, 0.1) is 6.92 Å². The van der Waals surface area contributed by atoms with Gasteiger partial charge in [0.1, 0.15) is 11.6 Å². The second-order valence-electron chi connectivity index (χ2n) is 5.09. The number of hydrogen-bond acceptors (Lipinski definition) is 4. The summed E-state index contributed by atoms with van der Waals surface area (Å²) in [5, 5.41) is 0. The molecule has 0 aliphatic rings. The zero-order valence-electron chi connectivity index (χ0n) is 12.9. The van der Waals surface area contributed by atoms with Crippen molar-refractivity contribution < 1.29 is 8.95 Å². The van der Waals surface area contributed by atoms with E-state index in [-0.39, 0.29) is 12.4 Å². The summed E-state index contributed by atoms with van der Waals surface area (Å²) in [6.07, 6.45) is 3.39. The van der Waals surface area contributed by atoms with Gasteiger partial charge in [-0.15, -0.1) is 12.4 Å². The molecule has 1 aromatic carbocycles. The van der Waals surface area contributed by atoms with Crippen LogP contribution in [0.3, 0.4) is 0 Å². The quantitative estimate of drug-likeness (QED) is 0.766. The predicted octanol–water partition coefficient (Wildman–Crippen LogP) is 3.11. The molecule has 3 aromatic rings. The van der Waals surface area contributed by atoms with Crippen molar-refractivity contribution in [2.75, 3.05) is 18.6 Å². The molecule has 0 saturated heterocycles. The van der Waals surface area contributed by atoms with Crippen molar-refractivity contribution in [1.29, 1.82) is 0 Å². The maximum Gasteiger partial charge on any atom is 0.178 e. The minimum Gasteiger partial charge on any atom is -0.492 e. The first-order valence-corrected chi connectivity index (χ1v) is 8.71. The molecule has 2 heterocycles. The summed E-state index contributed by atoms with van der Waals surface area (Å²) in [6.45, 7) is 2.42. The van der Waals surface area contributed by atoms with Gasteiger partial charge in [0.15, 0.2) is 5.65 Å². The molecule has 0 fully saturated rings. The van der Waals surface area contributed by atoms with Gasteiger partial charge in [-0.3, -0.25) is 4.21 Å². The number of hydrogen-bond donors (Lipinski definition) is 1. The number of nitrogens with zero attached hydrogens (tertiary/aromatic N) is 2. The summed E-state index contributed by atoms with van der Waals surface area (Å²) in [6, 6.07) is 9.77. The Bertz CT molecular complexity index is 802. The van der Waals surface area contributed by atoms with Gasteiger partial charge >= 0.3 is 0 Å². The van der Waals surface area contributed by atoms with Crippen LogP contribution in [-0.4, -0.2) is 37.8 Å². The molecule has 23 heavy (non-hydrogen) atoms. The highest BCUT2D eigenvalue weighted by atomic mass is 35.5. The topological polar surface area (TPSA) is 67.9 Å². The van der Waals surface area contributed by atoms with E-state index in [4.69, 9.17) is 4.74 Å². The lowest BCUT2D eigenvalue weighted by molar-refractivity contribution is 0.344. The molecule has 1 N–H and O–H groups in total. The number of aryl methyl sites for hydroxylation is 1. The molecule has 3 rings (SSSR count). The molecule has 2 aromatic heterocycles. The van der Waals surface area contributed by atoms with Gasteiger partial charge in [-0.25, -0.2) is 9.97 Å². The van der Waals surface area contributed by atoms with E-state index < -0.39 is 10.8 Å². The van der Waals surface area contributed by atoms with Crippen LogP contribution in [0.15, 0.2) is 36.5 Å². The lowest BCUT2D eigenvalue weighted by Gasteiger charge is -2.10. The number of benzene rings is 1. The van der Waals surface area contributed by atoms with Crippen molar-refractivity contribution in [1.82, 2.24) is 15.0 Å². The Morgan fingerprint density at radius 1 is 1.30 bits per heavy atom. The normalized spacial score (nSPS) is 11.9. The summed E-state index contributed by atoms with van der Waals surface area (Å²) < 4.78 is 17.0. The third-order valence-corrected chi connectivity index (χ3v) is 4.02. The zero-order chi connectivity index (χ0) is 15.5. The van der Waals surface area contributed by atoms with Gasteiger partial charge in [-0.05, 0) is 36.8 Å². The minimum absolute atomic E-state index is 0. The van der Waals surface area contributed by atoms with E-state index in [1.807, 2.05) is 37.3 Å². The van der Waals surface area contributed by atoms with Gasteiger partial charge in [0.2, 0.25) is 0 Å². The molecule has 122 valence electrons. The van der Waals surface area contributed by atoms with Crippen LogP contribution in [-0.2, 0) is 10.8 Å². The van der Waals surface area contributed by atoms with Crippen molar-refractivity contribution >= 4 is 34.4 Å². The largest absolute Gasteiger partial charge is 0.492 e.